The molecule has 4 aliphatic carbocycles. The second-order valence-corrected chi connectivity index (χ2v) is 9.92. The van der Waals surface area contributed by atoms with Crippen LogP contribution in [0.25, 0.3) is 0 Å². The maximum Gasteiger partial charge on any atom is 0.0302 e. The highest BCUT2D eigenvalue weighted by molar-refractivity contribution is 5.27. The number of rotatable bonds is 1. The van der Waals surface area contributed by atoms with Crippen molar-refractivity contribution in [1.29, 1.82) is 0 Å². The Bertz CT molecular complexity index is 677. The monoisotopic (exact) mass is 335 g/mol. The smallest absolute Gasteiger partial charge is 0.0302 e. The average Bonchev–Trinajstić information content (AvgIpc) is 2.99. The van der Waals surface area contributed by atoms with Crippen molar-refractivity contribution < 1.29 is 0 Å². The van der Waals surface area contributed by atoms with E-state index in [-0.39, 0.29) is 0 Å². The summed E-state index contributed by atoms with van der Waals surface area (Å²) in [6.07, 6.45) is 19.5. The van der Waals surface area contributed by atoms with E-state index < -0.39 is 0 Å². The number of pyridine rings is 1. The zero-order valence-electron chi connectivity index (χ0n) is 16.0. The first kappa shape index (κ1) is 16.1. The van der Waals surface area contributed by atoms with E-state index in [2.05, 4.69) is 43.2 Å². The van der Waals surface area contributed by atoms with Crippen molar-refractivity contribution in [3.05, 3.63) is 41.7 Å². The Morgan fingerprint density at radius 1 is 1.04 bits per heavy atom. The molecule has 0 radical (unpaired) electrons. The summed E-state index contributed by atoms with van der Waals surface area (Å²) < 4.78 is 0. The van der Waals surface area contributed by atoms with Crippen LogP contribution in [0.3, 0.4) is 0 Å². The van der Waals surface area contributed by atoms with Crippen LogP contribution in [-0.4, -0.2) is 4.98 Å². The average molecular weight is 336 g/mol. The van der Waals surface area contributed by atoms with E-state index in [9.17, 15) is 0 Å². The highest BCUT2D eigenvalue weighted by Crippen LogP contribution is 2.68. The summed E-state index contributed by atoms with van der Waals surface area (Å²) >= 11 is 0. The molecule has 0 amide bonds. The quantitative estimate of drug-likeness (QED) is 0.532. The SMILES string of the molecule is C[C@]12CC[C@H]3[C@@H](CCC4=CCCC[C@@]43C)[C@H]1CC[C@@H]2c1cccnc1. The third kappa shape index (κ3) is 2.23. The van der Waals surface area contributed by atoms with E-state index >= 15 is 0 Å². The van der Waals surface area contributed by atoms with Crippen LogP contribution >= 0.6 is 0 Å². The van der Waals surface area contributed by atoms with Crippen molar-refractivity contribution >= 4 is 0 Å². The summed E-state index contributed by atoms with van der Waals surface area (Å²) in [7, 11) is 0. The Morgan fingerprint density at radius 3 is 2.80 bits per heavy atom. The van der Waals surface area contributed by atoms with E-state index in [0.717, 1.165) is 23.7 Å². The summed E-state index contributed by atoms with van der Waals surface area (Å²) in [6.45, 7) is 5.26. The maximum absolute atomic E-state index is 4.44. The molecule has 5 rings (SSSR count). The summed E-state index contributed by atoms with van der Waals surface area (Å²) in [5.41, 5.74) is 4.39. The first-order chi connectivity index (χ1) is 12.1. The minimum absolute atomic E-state index is 0.510. The molecule has 3 saturated carbocycles. The Hall–Kier alpha value is -1.11. The van der Waals surface area contributed by atoms with Crippen molar-refractivity contribution in [2.24, 2.45) is 28.6 Å². The molecule has 0 aromatic carbocycles. The van der Waals surface area contributed by atoms with Gasteiger partial charge in [0.25, 0.3) is 0 Å². The van der Waals surface area contributed by atoms with Crippen LogP contribution in [0.4, 0.5) is 0 Å². The number of fused-ring (bicyclic) bond motifs is 5. The fraction of sp³-hybridized carbons (Fsp3) is 0.708. The third-order valence-electron chi connectivity index (χ3n) is 9.11. The Morgan fingerprint density at radius 2 is 1.96 bits per heavy atom. The molecule has 0 aliphatic heterocycles. The van der Waals surface area contributed by atoms with Crippen LogP contribution < -0.4 is 0 Å². The van der Waals surface area contributed by atoms with Crippen molar-refractivity contribution in [2.45, 2.75) is 77.6 Å². The van der Waals surface area contributed by atoms with E-state index in [1.54, 1.807) is 0 Å². The van der Waals surface area contributed by atoms with Gasteiger partial charge in [0.2, 0.25) is 0 Å². The van der Waals surface area contributed by atoms with Gasteiger partial charge in [0.05, 0.1) is 0 Å². The highest BCUT2D eigenvalue weighted by Gasteiger charge is 2.58. The zero-order valence-corrected chi connectivity index (χ0v) is 16.0. The number of hydrogen-bond donors (Lipinski definition) is 0. The van der Waals surface area contributed by atoms with Crippen molar-refractivity contribution in [1.82, 2.24) is 4.98 Å². The van der Waals surface area contributed by atoms with Crippen molar-refractivity contribution in [2.75, 3.05) is 0 Å². The minimum Gasteiger partial charge on any atom is -0.264 e. The van der Waals surface area contributed by atoms with Crippen molar-refractivity contribution in [3.63, 3.8) is 0 Å². The highest BCUT2D eigenvalue weighted by atomic mass is 14.7. The van der Waals surface area contributed by atoms with Gasteiger partial charge >= 0.3 is 0 Å². The van der Waals surface area contributed by atoms with Crippen LogP contribution in [0.15, 0.2) is 36.2 Å². The molecule has 1 heteroatoms. The van der Waals surface area contributed by atoms with Crippen LogP contribution in [0, 0.1) is 28.6 Å². The van der Waals surface area contributed by atoms with E-state index in [0.29, 0.717) is 10.8 Å². The lowest BCUT2D eigenvalue weighted by Gasteiger charge is -2.58. The van der Waals surface area contributed by atoms with Gasteiger partial charge < -0.3 is 0 Å². The van der Waals surface area contributed by atoms with Gasteiger partial charge in [0.1, 0.15) is 0 Å². The fourth-order valence-corrected chi connectivity index (χ4v) is 7.88. The Labute approximate surface area is 153 Å². The van der Waals surface area contributed by atoms with Gasteiger partial charge in [-0.1, -0.05) is 31.6 Å². The van der Waals surface area contributed by atoms with Gasteiger partial charge in [-0.05, 0) is 104 Å². The number of nitrogens with zero attached hydrogens (tertiary/aromatic N) is 1. The number of hydrogen-bond acceptors (Lipinski definition) is 1. The zero-order chi connectivity index (χ0) is 17.1. The lowest BCUT2D eigenvalue weighted by atomic mass is 9.46. The molecule has 0 bridgehead atoms. The van der Waals surface area contributed by atoms with Crippen LogP contribution in [0.1, 0.15) is 83.1 Å². The molecule has 0 saturated heterocycles. The normalized spacial score (nSPS) is 45.9. The third-order valence-corrected chi connectivity index (χ3v) is 9.11. The van der Waals surface area contributed by atoms with E-state index in [1.165, 1.54) is 63.4 Å². The van der Waals surface area contributed by atoms with Gasteiger partial charge in [-0.15, -0.1) is 0 Å². The summed E-state index contributed by atoms with van der Waals surface area (Å²) in [5, 5.41) is 0. The lowest BCUT2D eigenvalue weighted by molar-refractivity contribution is -0.0415. The van der Waals surface area contributed by atoms with E-state index in [4.69, 9.17) is 0 Å². The summed E-state index contributed by atoms with van der Waals surface area (Å²) in [6, 6.07) is 4.47. The molecule has 1 aromatic heterocycles. The summed E-state index contributed by atoms with van der Waals surface area (Å²) in [5.74, 6) is 3.61. The van der Waals surface area contributed by atoms with Gasteiger partial charge in [-0.25, -0.2) is 0 Å². The molecule has 3 fully saturated rings. The number of aromatic nitrogens is 1. The number of allylic oxidation sites excluding steroid dienone is 2. The predicted octanol–water partition coefficient (Wildman–Crippen LogP) is 6.52. The second kappa shape index (κ2) is 5.69. The van der Waals surface area contributed by atoms with Crippen molar-refractivity contribution in [3.8, 4) is 0 Å². The molecular weight excluding hydrogens is 302 g/mol. The predicted molar refractivity (Wildman–Crippen MR) is 103 cm³/mol. The first-order valence-electron chi connectivity index (χ1n) is 10.7. The molecule has 0 spiro atoms. The van der Waals surface area contributed by atoms with Crippen LogP contribution in [-0.2, 0) is 0 Å². The van der Waals surface area contributed by atoms with Crippen LogP contribution in [0.5, 0.6) is 0 Å². The first-order valence-corrected chi connectivity index (χ1v) is 10.7. The van der Waals surface area contributed by atoms with Gasteiger partial charge in [0, 0.05) is 12.4 Å². The molecule has 134 valence electrons. The van der Waals surface area contributed by atoms with E-state index in [1.807, 2.05) is 11.8 Å². The van der Waals surface area contributed by atoms with Gasteiger partial charge in [-0.2, -0.15) is 0 Å². The lowest BCUT2D eigenvalue weighted by Crippen LogP contribution is -2.49. The topological polar surface area (TPSA) is 12.9 Å². The molecular formula is C24H33N. The Kier molecular flexibility index (Phi) is 3.67. The van der Waals surface area contributed by atoms with Gasteiger partial charge in [0.15, 0.2) is 0 Å². The van der Waals surface area contributed by atoms with Gasteiger partial charge in [-0.3, -0.25) is 4.98 Å². The summed E-state index contributed by atoms with van der Waals surface area (Å²) in [4.78, 5) is 4.44. The molecule has 1 heterocycles. The molecule has 4 aliphatic rings. The standard InChI is InChI=1S/C24H33N/c1-23-13-4-3-7-18(23)8-9-19-21-11-10-20(17-6-5-15-25-16-17)24(21,2)14-12-22(19)23/h5-7,15-16,19-22H,3-4,8-14H2,1-2H3/t19-,20+,21+,22-,23-,24+/m0/s1. The molecule has 0 unspecified atom stereocenters. The van der Waals surface area contributed by atoms with Crippen LogP contribution in [0.2, 0.25) is 0 Å². The minimum atomic E-state index is 0.510. The molecule has 6 atom stereocenters. The fourth-order valence-electron chi connectivity index (χ4n) is 7.88. The second-order valence-electron chi connectivity index (χ2n) is 9.92. The molecule has 0 N–H and O–H groups in total. The Balaban J connectivity index is 1.47. The largest absolute Gasteiger partial charge is 0.264 e. The molecule has 25 heavy (non-hydrogen) atoms. The maximum atomic E-state index is 4.44. The molecule has 1 aromatic rings. The molecule has 1 nitrogen and oxygen atoms in total.